The standard InChI is InChI=1S/C19H25NO4S2/c1-14(2)12-20(19(21)18-6-5-11-25-18)13-16-7-9-17(10-8-16)24-26(22,23)15(3)4/h5-11,14-15H,12-13H2,1-4H3. The van der Waals surface area contributed by atoms with Crippen LogP contribution in [0.25, 0.3) is 0 Å². The molecule has 2 aromatic rings. The van der Waals surface area contributed by atoms with Gasteiger partial charge in [-0.05, 0) is 48.9 Å². The summed E-state index contributed by atoms with van der Waals surface area (Å²) in [4.78, 5) is 15.2. The van der Waals surface area contributed by atoms with Crippen molar-refractivity contribution in [3.8, 4) is 5.75 Å². The zero-order valence-corrected chi connectivity index (χ0v) is 17.1. The first-order valence-corrected chi connectivity index (χ1v) is 10.9. The van der Waals surface area contributed by atoms with Crippen LogP contribution in [-0.2, 0) is 16.7 Å². The highest BCUT2D eigenvalue weighted by molar-refractivity contribution is 7.87. The molecular weight excluding hydrogens is 370 g/mol. The molecule has 0 atom stereocenters. The minimum absolute atomic E-state index is 0.0106. The fourth-order valence-electron chi connectivity index (χ4n) is 2.32. The van der Waals surface area contributed by atoms with Crippen LogP contribution in [0.4, 0.5) is 0 Å². The number of nitrogens with zero attached hydrogens (tertiary/aromatic N) is 1. The third kappa shape index (κ3) is 5.57. The van der Waals surface area contributed by atoms with E-state index >= 15 is 0 Å². The SMILES string of the molecule is CC(C)CN(Cc1ccc(OS(=O)(=O)C(C)C)cc1)C(=O)c1cccs1. The molecule has 2 rings (SSSR count). The lowest BCUT2D eigenvalue weighted by Gasteiger charge is -2.24. The van der Waals surface area contributed by atoms with Gasteiger partial charge in [-0.15, -0.1) is 11.3 Å². The summed E-state index contributed by atoms with van der Waals surface area (Å²) in [6.07, 6.45) is 0. The summed E-state index contributed by atoms with van der Waals surface area (Å²) in [6.45, 7) is 8.40. The molecule has 7 heteroatoms. The molecule has 0 radical (unpaired) electrons. The van der Waals surface area contributed by atoms with Crippen LogP contribution in [0.15, 0.2) is 41.8 Å². The Kier molecular flexibility index (Phi) is 6.83. The molecular formula is C19H25NO4S2. The predicted molar refractivity (Wildman–Crippen MR) is 105 cm³/mol. The zero-order valence-electron chi connectivity index (χ0n) is 15.5. The van der Waals surface area contributed by atoms with Crippen LogP contribution in [0.2, 0.25) is 0 Å². The second kappa shape index (κ2) is 8.68. The average Bonchev–Trinajstić information content (AvgIpc) is 3.09. The van der Waals surface area contributed by atoms with Gasteiger partial charge in [0.05, 0.1) is 10.1 Å². The molecule has 26 heavy (non-hydrogen) atoms. The first kappa shape index (κ1) is 20.5. The van der Waals surface area contributed by atoms with Gasteiger partial charge in [-0.1, -0.05) is 32.0 Å². The van der Waals surface area contributed by atoms with E-state index < -0.39 is 15.4 Å². The summed E-state index contributed by atoms with van der Waals surface area (Å²) in [5, 5.41) is 1.29. The van der Waals surface area contributed by atoms with Gasteiger partial charge < -0.3 is 9.08 Å². The van der Waals surface area contributed by atoms with Crippen molar-refractivity contribution in [2.24, 2.45) is 5.92 Å². The fraction of sp³-hybridized carbons (Fsp3) is 0.421. The van der Waals surface area contributed by atoms with Gasteiger partial charge in [0.15, 0.2) is 0 Å². The molecule has 0 saturated heterocycles. The van der Waals surface area contributed by atoms with Crippen molar-refractivity contribution in [1.29, 1.82) is 0 Å². The minimum Gasteiger partial charge on any atom is -0.382 e. The second-order valence-electron chi connectivity index (χ2n) is 6.83. The van der Waals surface area contributed by atoms with E-state index in [1.807, 2.05) is 22.4 Å². The lowest BCUT2D eigenvalue weighted by molar-refractivity contribution is 0.0727. The Labute approximate surface area is 159 Å². The Balaban J connectivity index is 2.12. The number of carbonyl (C=O) groups excluding carboxylic acids is 1. The van der Waals surface area contributed by atoms with Crippen LogP contribution in [0.5, 0.6) is 5.75 Å². The maximum atomic E-state index is 12.7. The molecule has 0 unspecified atom stereocenters. The number of carbonyl (C=O) groups is 1. The number of rotatable bonds is 8. The van der Waals surface area contributed by atoms with Crippen molar-refractivity contribution in [3.63, 3.8) is 0 Å². The minimum atomic E-state index is -3.61. The van der Waals surface area contributed by atoms with Gasteiger partial charge in [0, 0.05) is 13.1 Å². The Bertz CT molecular complexity index is 810. The van der Waals surface area contributed by atoms with Gasteiger partial charge in [-0.25, -0.2) is 0 Å². The van der Waals surface area contributed by atoms with Gasteiger partial charge in [-0.3, -0.25) is 4.79 Å². The van der Waals surface area contributed by atoms with Crippen molar-refractivity contribution in [3.05, 3.63) is 52.2 Å². The highest BCUT2D eigenvalue weighted by Crippen LogP contribution is 2.20. The third-order valence-electron chi connectivity index (χ3n) is 3.69. The van der Waals surface area contributed by atoms with Crippen LogP contribution in [-0.4, -0.2) is 31.0 Å². The van der Waals surface area contributed by atoms with Crippen molar-refractivity contribution in [2.75, 3.05) is 6.54 Å². The Morgan fingerprint density at radius 3 is 2.27 bits per heavy atom. The summed E-state index contributed by atoms with van der Waals surface area (Å²) in [5.74, 6) is 0.636. The van der Waals surface area contributed by atoms with E-state index in [-0.39, 0.29) is 11.7 Å². The first-order valence-electron chi connectivity index (χ1n) is 8.54. The first-order chi connectivity index (χ1) is 12.2. The van der Waals surface area contributed by atoms with Gasteiger partial charge in [0.25, 0.3) is 5.91 Å². The number of hydrogen-bond acceptors (Lipinski definition) is 5. The van der Waals surface area contributed by atoms with Gasteiger partial charge in [0.2, 0.25) is 0 Å². The normalized spacial score (nSPS) is 11.8. The maximum Gasteiger partial charge on any atom is 0.311 e. The Morgan fingerprint density at radius 1 is 1.12 bits per heavy atom. The van der Waals surface area contributed by atoms with Crippen LogP contribution in [0.1, 0.15) is 42.9 Å². The van der Waals surface area contributed by atoms with E-state index in [4.69, 9.17) is 4.18 Å². The molecule has 0 spiro atoms. The summed E-state index contributed by atoms with van der Waals surface area (Å²) in [5.41, 5.74) is 0.921. The lowest BCUT2D eigenvalue weighted by atomic mass is 10.1. The molecule has 5 nitrogen and oxygen atoms in total. The molecule has 1 aromatic heterocycles. The number of benzene rings is 1. The Hall–Kier alpha value is -1.86. The highest BCUT2D eigenvalue weighted by atomic mass is 32.2. The van der Waals surface area contributed by atoms with Crippen molar-refractivity contribution < 1.29 is 17.4 Å². The fourth-order valence-corrected chi connectivity index (χ4v) is 3.58. The van der Waals surface area contributed by atoms with Crippen LogP contribution < -0.4 is 4.18 Å². The molecule has 0 bridgehead atoms. The van der Waals surface area contributed by atoms with Gasteiger partial charge in [-0.2, -0.15) is 8.42 Å². The zero-order chi connectivity index (χ0) is 19.3. The molecule has 0 saturated carbocycles. The summed E-state index contributed by atoms with van der Waals surface area (Å²) in [6, 6.07) is 10.5. The second-order valence-corrected chi connectivity index (χ2v) is 9.87. The lowest BCUT2D eigenvalue weighted by Crippen LogP contribution is -2.33. The number of amides is 1. The molecule has 0 fully saturated rings. The third-order valence-corrected chi connectivity index (χ3v) is 6.13. The highest BCUT2D eigenvalue weighted by Gasteiger charge is 2.20. The van der Waals surface area contributed by atoms with E-state index in [0.717, 1.165) is 5.56 Å². The van der Waals surface area contributed by atoms with Crippen LogP contribution in [0, 0.1) is 5.92 Å². The molecule has 0 aliphatic heterocycles. The molecule has 1 heterocycles. The van der Waals surface area contributed by atoms with E-state index in [0.29, 0.717) is 23.9 Å². The van der Waals surface area contributed by atoms with Crippen LogP contribution in [0.3, 0.4) is 0 Å². The molecule has 142 valence electrons. The Morgan fingerprint density at radius 2 is 1.77 bits per heavy atom. The van der Waals surface area contributed by atoms with Crippen molar-refractivity contribution in [1.82, 2.24) is 4.90 Å². The van der Waals surface area contributed by atoms with Gasteiger partial charge >= 0.3 is 10.1 Å². The largest absolute Gasteiger partial charge is 0.382 e. The summed E-state index contributed by atoms with van der Waals surface area (Å²) < 4.78 is 28.7. The maximum absolute atomic E-state index is 12.7. The molecule has 1 amide bonds. The van der Waals surface area contributed by atoms with E-state index in [1.54, 1.807) is 38.1 Å². The van der Waals surface area contributed by atoms with E-state index in [1.165, 1.54) is 11.3 Å². The smallest absolute Gasteiger partial charge is 0.311 e. The average molecular weight is 396 g/mol. The topological polar surface area (TPSA) is 63.7 Å². The summed E-state index contributed by atoms with van der Waals surface area (Å²) in [7, 11) is -3.61. The number of hydrogen-bond donors (Lipinski definition) is 0. The van der Waals surface area contributed by atoms with E-state index in [9.17, 15) is 13.2 Å². The molecule has 0 N–H and O–H groups in total. The van der Waals surface area contributed by atoms with Crippen LogP contribution >= 0.6 is 11.3 Å². The quantitative estimate of drug-likeness (QED) is 0.630. The van der Waals surface area contributed by atoms with E-state index in [2.05, 4.69) is 13.8 Å². The number of thiophene rings is 1. The molecule has 1 aromatic carbocycles. The molecule has 0 aliphatic carbocycles. The summed E-state index contributed by atoms with van der Waals surface area (Å²) >= 11 is 1.43. The van der Waals surface area contributed by atoms with Crippen molar-refractivity contribution in [2.45, 2.75) is 39.5 Å². The molecule has 0 aliphatic rings. The predicted octanol–water partition coefficient (Wildman–Crippen LogP) is 4.16. The van der Waals surface area contributed by atoms with Crippen molar-refractivity contribution >= 4 is 27.4 Å². The van der Waals surface area contributed by atoms with Gasteiger partial charge in [0.1, 0.15) is 5.75 Å². The monoisotopic (exact) mass is 395 g/mol.